The van der Waals surface area contributed by atoms with E-state index < -0.39 is 6.04 Å². The molecule has 1 aliphatic heterocycles. The van der Waals surface area contributed by atoms with E-state index in [1.807, 2.05) is 64.1 Å². The molecule has 1 aliphatic rings. The summed E-state index contributed by atoms with van der Waals surface area (Å²) in [5, 5.41) is 3.25. The Morgan fingerprint density at radius 2 is 1.75 bits per heavy atom. The highest BCUT2D eigenvalue weighted by Crippen LogP contribution is 2.29. The number of nitrogens with zero attached hydrogens (tertiary/aromatic N) is 1. The van der Waals surface area contributed by atoms with E-state index in [-0.39, 0.29) is 18.2 Å². The van der Waals surface area contributed by atoms with Crippen LogP contribution >= 0.6 is 0 Å². The smallest absolute Gasteiger partial charge is 0.256 e. The summed E-state index contributed by atoms with van der Waals surface area (Å²) < 4.78 is 0. The maximum atomic E-state index is 12.8. The van der Waals surface area contributed by atoms with Crippen molar-refractivity contribution in [3.8, 4) is 0 Å². The molecule has 4 heteroatoms. The average Bonchev–Trinajstić information content (AvgIpc) is 2.81. The van der Waals surface area contributed by atoms with Crippen LogP contribution in [0.1, 0.15) is 28.7 Å². The van der Waals surface area contributed by atoms with Crippen molar-refractivity contribution in [3.63, 3.8) is 0 Å². The van der Waals surface area contributed by atoms with Crippen LogP contribution in [0.3, 0.4) is 0 Å². The minimum atomic E-state index is -0.516. The zero-order valence-electron chi connectivity index (χ0n) is 14.5. The van der Waals surface area contributed by atoms with Crippen LogP contribution in [0.25, 0.3) is 0 Å². The van der Waals surface area contributed by atoms with Crippen LogP contribution in [0, 0.1) is 27.7 Å². The van der Waals surface area contributed by atoms with E-state index in [0.29, 0.717) is 5.69 Å². The van der Waals surface area contributed by atoms with E-state index in [1.165, 1.54) is 4.90 Å². The molecule has 2 aromatic carbocycles. The summed E-state index contributed by atoms with van der Waals surface area (Å²) in [4.78, 5) is 26.6. The molecular formula is C20H22N2O2. The van der Waals surface area contributed by atoms with Gasteiger partial charge in [0.05, 0.1) is 12.1 Å². The number of rotatable bonds is 3. The molecule has 0 radical (unpaired) electrons. The van der Waals surface area contributed by atoms with Crippen molar-refractivity contribution < 1.29 is 9.59 Å². The molecule has 0 aromatic heterocycles. The minimum Gasteiger partial charge on any atom is -0.373 e. The van der Waals surface area contributed by atoms with E-state index in [1.54, 1.807) is 0 Å². The highest BCUT2D eigenvalue weighted by atomic mass is 16.2. The van der Waals surface area contributed by atoms with Gasteiger partial charge in [-0.25, -0.2) is 4.90 Å². The van der Waals surface area contributed by atoms with Crippen LogP contribution in [0.15, 0.2) is 36.4 Å². The number of benzene rings is 2. The third kappa shape index (κ3) is 2.80. The molecule has 0 spiro atoms. The number of hydrogen-bond acceptors (Lipinski definition) is 3. The maximum absolute atomic E-state index is 12.8. The predicted octanol–water partition coefficient (Wildman–Crippen LogP) is 3.66. The number of carbonyl (C=O) groups excluding carboxylic acids is 2. The zero-order valence-corrected chi connectivity index (χ0v) is 14.5. The summed E-state index contributed by atoms with van der Waals surface area (Å²) in [5.41, 5.74) is 5.81. The van der Waals surface area contributed by atoms with Crippen molar-refractivity contribution >= 4 is 23.2 Å². The van der Waals surface area contributed by atoms with Gasteiger partial charge in [0.25, 0.3) is 5.91 Å². The third-order valence-electron chi connectivity index (χ3n) is 4.69. The quantitative estimate of drug-likeness (QED) is 0.877. The lowest BCUT2D eigenvalue weighted by Crippen LogP contribution is -2.35. The molecule has 2 amide bonds. The Bertz CT molecular complexity index is 826. The molecule has 1 unspecified atom stereocenters. The summed E-state index contributed by atoms with van der Waals surface area (Å²) in [5.74, 6) is -0.342. The molecule has 0 saturated carbocycles. The Morgan fingerprint density at radius 3 is 2.50 bits per heavy atom. The highest BCUT2D eigenvalue weighted by molar-refractivity contribution is 6.23. The number of aryl methyl sites for hydroxylation is 3. The van der Waals surface area contributed by atoms with Crippen LogP contribution in [0.4, 0.5) is 11.4 Å². The Labute approximate surface area is 142 Å². The summed E-state index contributed by atoms with van der Waals surface area (Å²) in [6, 6.07) is 11.2. The standard InChI is InChI=1S/C20H22N2O2/c1-12-8-9-14(3)18(10-12)22-19(23)11-17(20(22)24)21-16-7-5-6-13(2)15(16)4/h5-10,17,21H,11H2,1-4H3. The molecular weight excluding hydrogens is 300 g/mol. The predicted molar refractivity (Wildman–Crippen MR) is 96.4 cm³/mol. The highest BCUT2D eigenvalue weighted by Gasteiger charge is 2.40. The molecule has 1 fully saturated rings. The molecule has 0 bridgehead atoms. The fourth-order valence-electron chi connectivity index (χ4n) is 3.05. The molecule has 4 nitrogen and oxygen atoms in total. The first-order chi connectivity index (χ1) is 11.4. The first kappa shape index (κ1) is 16.2. The summed E-state index contributed by atoms with van der Waals surface area (Å²) in [6.07, 6.45) is 0.180. The molecule has 124 valence electrons. The van der Waals surface area contributed by atoms with E-state index in [9.17, 15) is 9.59 Å². The number of nitrogens with one attached hydrogen (secondary N) is 1. The van der Waals surface area contributed by atoms with Crippen LogP contribution < -0.4 is 10.2 Å². The first-order valence-corrected chi connectivity index (χ1v) is 8.15. The Hall–Kier alpha value is -2.62. The second-order valence-electron chi connectivity index (χ2n) is 6.51. The number of carbonyl (C=O) groups is 2. The van der Waals surface area contributed by atoms with Gasteiger partial charge in [-0.1, -0.05) is 24.3 Å². The van der Waals surface area contributed by atoms with Crippen molar-refractivity contribution in [1.29, 1.82) is 0 Å². The van der Waals surface area contributed by atoms with Crippen molar-refractivity contribution in [2.45, 2.75) is 40.2 Å². The van der Waals surface area contributed by atoms with Crippen LogP contribution in [0.5, 0.6) is 0 Å². The number of imide groups is 1. The normalized spacial score (nSPS) is 17.5. The lowest BCUT2D eigenvalue weighted by Gasteiger charge is -2.19. The lowest BCUT2D eigenvalue weighted by molar-refractivity contribution is -0.121. The molecule has 1 N–H and O–H groups in total. The average molecular weight is 322 g/mol. The van der Waals surface area contributed by atoms with E-state index in [2.05, 4.69) is 5.32 Å². The van der Waals surface area contributed by atoms with E-state index in [4.69, 9.17) is 0 Å². The van der Waals surface area contributed by atoms with Gasteiger partial charge in [-0.05, 0) is 62.1 Å². The van der Waals surface area contributed by atoms with Gasteiger partial charge >= 0.3 is 0 Å². The topological polar surface area (TPSA) is 49.4 Å². The maximum Gasteiger partial charge on any atom is 0.256 e. The molecule has 0 aliphatic carbocycles. The van der Waals surface area contributed by atoms with Gasteiger partial charge in [-0.2, -0.15) is 0 Å². The fourth-order valence-corrected chi connectivity index (χ4v) is 3.05. The summed E-state index contributed by atoms with van der Waals surface area (Å²) in [6.45, 7) is 7.92. The monoisotopic (exact) mass is 322 g/mol. The Kier molecular flexibility index (Phi) is 4.14. The van der Waals surface area contributed by atoms with Gasteiger partial charge < -0.3 is 5.32 Å². The SMILES string of the molecule is Cc1ccc(C)c(N2C(=O)CC(Nc3cccc(C)c3C)C2=O)c1. The second-order valence-corrected chi connectivity index (χ2v) is 6.51. The van der Waals surface area contributed by atoms with Gasteiger partial charge in [-0.3, -0.25) is 9.59 Å². The van der Waals surface area contributed by atoms with Gasteiger partial charge in [-0.15, -0.1) is 0 Å². The van der Waals surface area contributed by atoms with E-state index in [0.717, 1.165) is 27.9 Å². The van der Waals surface area contributed by atoms with Crippen molar-refractivity contribution in [3.05, 3.63) is 58.7 Å². The van der Waals surface area contributed by atoms with Crippen LogP contribution in [-0.4, -0.2) is 17.9 Å². The summed E-state index contributed by atoms with van der Waals surface area (Å²) in [7, 11) is 0. The number of anilines is 2. The largest absolute Gasteiger partial charge is 0.373 e. The minimum absolute atomic E-state index is 0.156. The van der Waals surface area contributed by atoms with Crippen molar-refractivity contribution in [2.75, 3.05) is 10.2 Å². The number of hydrogen-bond donors (Lipinski definition) is 1. The van der Waals surface area contributed by atoms with Crippen molar-refractivity contribution in [2.24, 2.45) is 0 Å². The van der Waals surface area contributed by atoms with E-state index >= 15 is 0 Å². The van der Waals surface area contributed by atoms with Gasteiger partial charge in [0, 0.05) is 5.69 Å². The Balaban J connectivity index is 1.89. The molecule has 1 heterocycles. The molecule has 1 saturated heterocycles. The van der Waals surface area contributed by atoms with Gasteiger partial charge in [0.2, 0.25) is 5.91 Å². The number of amides is 2. The van der Waals surface area contributed by atoms with Gasteiger partial charge in [0.15, 0.2) is 0 Å². The molecule has 2 aromatic rings. The van der Waals surface area contributed by atoms with Gasteiger partial charge in [0.1, 0.15) is 6.04 Å². The fraction of sp³-hybridized carbons (Fsp3) is 0.300. The second kappa shape index (κ2) is 6.11. The van der Waals surface area contributed by atoms with Crippen molar-refractivity contribution in [1.82, 2.24) is 0 Å². The first-order valence-electron chi connectivity index (χ1n) is 8.15. The molecule has 24 heavy (non-hydrogen) atoms. The van der Waals surface area contributed by atoms with Crippen LogP contribution in [0.2, 0.25) is 0 Å². The Morgan fingerprint density at radius 1 is 1.00 bits per heavy atom. The zero-order chi connectivity index (χ0) is 17.4. The third-order valence-corrected chi connectivity index (χ3v) is 4.69. The lowest BCUT2D eigenvalue weighted by atomic mass is 10.1. The van der Waals surface area contributed by atoms with Crippen LogP contribution in [-0.2, 0) is 9.59 Å². The summed E-state index contributed by atoms with van der Waals surface area (Å²) >= 11 is 0. The molecule has 3 rings (SSSR count). The molecule has 1 atom stereocenters.